The Bertz CT molecular complexity index is 1090. The van der Waals surface area contributed by atoms with Crippen LogP contribution >= 0.6 is 0 Å². The van der Waals surface area contributed by atoms with Crippen LogP contribution in [0, 0.1) is 5.82 Å². The summed E-state index contributed by atoms with van der Waals surface area (Å²) in [7, 11) is 0. The zero-order valence-corrected chi connectivity index (χ0v) is 16.4. The van der Waals surface area contributed by atoms with Gasteiger partial charge in [-0.2, -0.15) is 0 Å². The molecule has 0 aliphatic carbocycles. The molecule has 1 aliphatic heterocycles. The van der Waals surface area contributed by atoms with Gasteiger partial charge in [-0.15, -0.1) is 0 Å². The molecule has 1 aliphatic rings. The maximum absolute atomic E-state index is 13.0. The summed E-state index contributed by atoms with van der Waals surface area (Å²) in [6.45, 7) is 1.84. The average Bonchev–Trinajstić information content (AvgIpc) is 2.74. The van der Waals surface area contributed by atoms with Crippen molar-refractivity contribution in [1.29, 1.82) is 0 Å². The highest BCUT2D eigenvalue weighted by Gasteiger charge is 2.32. The van der Waals surface area contributed by atoms with Crippen molar-refractivity contribution in [2.24, 2.45) is 0 Å². The van der Waals surface area contributed by atoms with E-state index in [0.717, 1.165) is 5.39 Å². The van der Waals surface area contributed by atoms with Crippen molar-refractivity contribution >= 4 is 28.6 Å². The molecule has 0 saturated carbocycles. The molecule has 0 spiro atoms. The van der Waals surface area contributed by atoms with Gasteiger partial charge in [0, 0.05) is 29.5 Å². The average molecular weight is 405 g/mol. The fourth-order valence-corrected chi connectivity index (χ4v) is 3.72. The third-order valence-corrected chi connectivity index (χ3v) is 5.27. The fraction of sp³-hybridized carbons (Fsp3) is 0.208. The zero-order valence-electron chi connectivity index (χ0n) is 16.4. The van der Waals surface area contributed by atoms with Crippen LogP contribution in [-0.4, -0.2) is 29.2 Å². The van der Waals surface area contributed by atoms with Gasteiger partial charge in [0.05, 0.1) is 0 Å². The number of esters is 1. The van der Waals surface area contributed by atoms with E-state index >= 15 is 0 Å². The molecule has 5 nitrogen and oxygen atoms in total. The lowest BCUT2D eigenvalue weighted by molar-refractivity contribution is -0.148. The van der Waals surface area contributed by atoms with Gasteiger partial charge < -0.3 is 4.74 Å². The Morgan fingerprint density at radius 3 is 2.17 bits per heavy atom. The Labute approximate surface area is 173 Å². The zero-order chi connectivity index (χ0) is 21.3. The molecule has 0 N–H and O–H groups in total. The minimum Gasteiger partial charge on any atom is -0.458 e. The van der Waals surface area contributed by atoms with Crippen molar-refractivity contribution in [2.45, 2.75) is 25.9 Å². The van der Waals surface area contributed by atoms with Gasteiger partial charge in [-0.1, -0.05) is 36.4 Å². The van der Waals surface area contributed by atoms with E-state index in [9.17, 15) is 18.8 Å². The van der Waals surface area contributed by atoms with Crippen LogP contribution in [0.3, 0.4) is 0 Å². The number of ether oxygens (including phenoxy) is 1. The number of benzene rings is 3. The van der Waals surface area contributed by atoms with Gasteiger partial charge in [-0.05, 0) is 48.6 Å². The Kier molecular flexibility index (Phi) is 5.31. The molecule has 3 aromatic rings. The number of halogens is 1. The number of carbonyl (C=O) groups excluding carboxylic acids is 3. The monoisotopic (exact) mass is 405 g/mol. The van der Waals surface area contributed by atoms with Crippen LogP contribution in [0.2, 0.25) is 0 Å². The third-order valence-electron chi connectivity index (χ3n) is 5.27. The third kappa shape index (κ3) is 3.68. The Hall–Kier alpha value is -3.54. The van der Waals surface area contributed by atoms with Crippen LogP contribution in [-0.2, 0) is 9.53 Å². The van der Waals surface area contributed by atoms with E-state index in [0.29, 0.717) is 28.5 Å². The molecule has 1 heterocycles. The second kappa shape index (κ2) is 8.06. The Morgan fingerprint density at radius 1 is 0.967 bits per heavy atom. The summed E-state index contributed by atoms with van der Waals surface area (Å²) < 4.78 is 18.4. The van der Waals surface area contributed by atoms with E-state index in [1.165, 1.54) is 17.0 Å². The van der Waals surface area contributed by atoms with Gasteiger partial charge in [0.25, 0.3) is 11.8 Å². The maximum Gasteiger partial charge on any atom is 0.306 e. The first kappa shape index (κ1) is 19.8. The molecule has 0 unspecified atom stereocenters. The Morgan fingerprint density at radius 2 is 1.57 bits per heavy atom. The van der Waals surface area contributed by atoms with Crippen molar-refractivity contribution in [2.75, 3.05) is 6.54 Å². The topological polar surface area (TPSA) is 63.7 Å². The SMILES string of the molecule is C[C@H](OC(=O)CCCN1C(=O)c2cccc3cccc(c23)C1=O)c1ccc(F)cc1. The summed E-state index contributed by atoms with van der Waals surface area (Å²) in [6, 6.07) is 16.5. The molecule has 2 amide bonds. The van der Waals surface area contributed by atoms with E-state index in [4.69, 9.17) is 4.74 Å². The minimum absolute atomic E-state index is 0.0639. The van der Waals surface area contributed by atoms with Crippen molar-refractivity contribution in [1.82, 2.24) is 4.90 Å². The van der Waals surface area contributed by atoms with Crippen molar-refractivity contribution in [3.8, 4) is 0 Å². The predicted octanol–water partition coefficient (Wildman–Crippen LogP) is 4.66. The van der Waals surface area contributed by atoms with Crippen LogP contribution in [0.5, 0.6) is 0 Å². The first-order valence-electron chi connectivity index (χ1n) is 9.78. The quantitative estimate of drug-likeness (QED) is 0.442. The molecule has 0 saturated heterocycles. The molecule has 4 rings (SSSR count). The van der Waals surface area contributed by atoms with Crippen LogP contribution in [0.25, 0.3) is 10.8 Å². The summed E-state index contributed by atoms with van der Waals surface area (Å²) in [4.78, 5) is 39.0. The standard InChI is InChI=1S/C24H20FNO4/c1-15(16-10-12-18(25)13-11-16)30-21(27)9-4-14-26-23(28)19-7-2-5-17-6-3-8-20(22(17)19)24(26)29/h2-3,5-8,10-13,15H,4,9,14H2,1H3/t15-/m0/s1. The minimum atomic E-state index is -0.513. The van der Waals surface area contributed by atoms with Gasteiger partial charge in [-0.3, -0.25) is 19.3 Å². The van der Waals surface area contributed by atoms with Gasteiger partial charge in [0.1, 0.15) is 11.9 Å². The van der Waals surface area contributed by atoms with E-state index < -0.39 is 12.1 Å². The number of rotatable bonds is 6. The normalized spacial score (nSPS) is 14.1. The van der Waals surface area contributed by atoms with Crippen LogP contribution in [0.15, 0.2) is 60.7 Å². The number of imide groups is 1. The van der Waals surface area contributed by atoms with E-state index in [1.807, 2.05) is 12.1 Å². The second-order valence-corrected chi connectivity index (χ2v) is 7.26. The number of nitrogens with zero attached hydrogens (tertiary/aromatic N) is 1. The summed E-state index contributed by atoms with van der Waals surface area (Å²) in [5.41, 5.74) is 1.68. The van der Waals surface area contributed by atoms with Crippen LogP contribution < -0.4 is 0 Å². The number of carbonyl (C=O) groups is 3. The van der Waals surface area contributed by atoms with Gasteiger partial charge in [0.15, 0.2) is 0 Å². The second-order valence-electron chi connectivity index (χ2n) is 7.26. The van der Waals surface area contributed by atoms with Crippen molar-refractivity contribution < 1.29 is 23.5 Å². The molecule has 1 atom stereocenters. The van der Waals surface area contributed by atoms with E-state index in [2.05, 4.69) is 0 Å². The molecule has 0 radical (unpaired) electrons. The fourth-order valence-electron chi connectivity index (χ4n) is 3.72. The first-order chi connectivity index (χ1) is 14.5. The molecule has 6 heteroatoms. The molecule has 152 valence electrons. The molecule has 0 fully saturated rings. The number of hydrogen-bond acceptors (Lipinski definition) is 4. The van der Waals surface area contributed by atoms with Crippen LogP contribution in [0.4, 0.5) is 4.39 Å². The van der Waals surface area contributed by atoms with Gasteiger partial charge >= 0.3 is 5.97 Å². The largest absolute Gasteiger partial charge is 0.458 e. The number of amides is 2. The molecule has 0 bridgehead atoms. The highest BCUT2D eigenvalue weighted by atomic mass is 19.1. The number of hydrogen-bond donors (Lipinski definition) is 0. The first-order valence-corrected chi connectivity index (χ1v) is 9.78. The Balaban J connectivity index is 1.38. The summed E-state index contributed by atoms with van der Waals surface area (Å²) in [5.74, 6) is -1.49. The maximum atomic E-state index is 13.0. The van der Waals surface area contributed by atoms with Gasteiger partial charge in [0.2, 0.25) is 0 Å². The lowest BCUT2D eigenvalue weighted by atomic mass is 9.94. The van der Waals surface area contributed by atoms with E-state index in [-0.39, 0.29) is 30.6 Å². The lowest BCUT2D eigenvalue weighted by Gasteiger charge is -2.27. The van der Waals surface area contributed by atoms with Crippen molar-refractivity contribution in [3.63, 3.8) is 0 Å². The van der Waals surface area contributed by atoms with Gasteiger partial charge in [-0.25, -0.2) is 4.39 Å². The summed E-state index contributed by atoms with van der Waals surface area (Å²) in [6.07, 6.45) is -0.153. The molecule has 0 aromatic heterocycles. The molecular formula is C24H20FNO4. The predicted molar refractivity (Wildman–Crippen MR) is 109 cm³/mol. The summed E-state index contributed by atoms with van der Waals surface area (Å²) >= 11 is 0. The highest BCUT2D eigenvalue weighted by molar-refractivity contribution is 6.25. The molecular weight excluding hydrogens is 385 g/mol. The molecule has 30 heavy (non-hydrogen) atoms. The summed E-state index contributed by atoms with van der Waals surface area (Å²) in [5, 5.41) is 1.53. The van der Waals surface area contributed by atoms with E-state index in [1.54, 1.807) is 43.3 Å². The smallest absolute Gasteiger partial charge is 0.306 e. The molecule has 3 aromatic carbocycles. The van der Waals surface area contributed by atoms with Crippen LogP contribution in [0.1, 0.15) is 52.1 Å². The lowest BCUT2D eigenvalue weighted by Crippen LogP contribution is -2.41. The highest BCUT2D eigenvalue weighted by Crippen LogP contribution is 2.30. The van der Waals surface area contributed by atoms with Crippen molar-refractivity contribution in [3.05, 3.63) is 83.2 Å².